The average molecular weight is 344 g/mol. The second-order valence-corrected chi connectivity index (χ2v) is 5.59. The van der Waals surface area contributed by atoms with Gasteiger partial charge in [-0.3, -0.25) is 19.1 Å². The standard InChI is InChI=1S/C15H19FN2O6.H2/c1-3-9-13(24-11(21)5-4-8(2)19)12(16)14(23-9)18-7-6-10(20)17-15(18)22;/h6-7,9,12-14H,3-5H2,1-2H3,(H,17,20,22);1H/t9-,12+,13?,14-;/m1./s1. The number of carbonyl (C=O) groups excluding carboxylic acids is 2. The van der Waals surface area contributed by atoms with Gasteiger partial charge in [-0.2, -0.15) is 0 Å². The van der Waals surface area contributed by atoms with Gasteiger partial charge in [0, 0.05) is 20.1 Å². The quantitative estimate of drug-likeness (QED) is 0.762. The highest BCUT2D eigenvalue weighted by Crippen LogP contribution is 2.34. The molecule has 1 aliphatic rings. The van der Waals surface area contributed by atoms with E-state index in [2.05, 4.69) is 0 Å². The van der Waals surface area contributed by atoms with Crippen molar-refractivity contribution >= 4 is 11.8 Å². The summed E-state index contributed by atoms with van der Waals surface area (Å²) >= 11 is 0. The van der Waals surface area contributed by atoms with Gasteiger partial charge in [-0.25, -0.2) is 9.18 Å². The molecule has 1 aromatic rings. The van der Waals surface area contributed by atoms with Crippen LogP contribution >= 0.6 is 0 Å². The number of hydrogen-bond donors (Lipinski definition) is 1. The second kappa shape index (κ2) is 7.52. The van der Waals surface area contributed by atoms with Crippen molar-refractivity contribution in [3.63, 3.8) is 0 Å². The van der Waals surface area contributed by atoms with E-state index in [-0.39, 0.29) is 20.1 Å². The number of hydrogen-bond acceptors (Lipinski definition) is 6. The number of nitrogens with zero attached hydrogens (tertiary/aromatic N) is 1. The highest BCUT2D eigenvalue weighted by atomic mass is 19.1. The first kappa shape index (κ1) is 18.1. The number of ketones is 1. The summed E-state index contributed by atoms with van der Waals surface area (Å²) < 4.78 is 26.2. The maximum atomic E-state index is 14.7. The molecule has 0 radical (unpaired) electrons. The van der Waals surface area contributed by atoms with Gasteiger partial charge in [-0.1, -0.05) is 6.92 Å². The van der Waals surface area contributed by atoms with Crippen LogP contribution in [0.25, 0.3) is 0 Å². The van der Waals surface area contributed by atoms with Crippen LogP contribution in [0.1, 0.15) is 40.8 Å². The zero-order valence-electron chi connectivity index (χ0n) is 13.4. The smallest absolute Gasteiger partial charge is 0.330 e. The zero-order chi connectivity index (χ0) is 17.9. The highest BCUT2D eigenvalue weighted by Gasteiger charge is 2.48. The summed E-state index contributed by atoms with van der Waals surface area (Å²) in [4.78, 5) is 47.6. The Labute approximate surface area is 138 Å². The molecule has 24 heavy (non-hydrogen) atoms. The van der Waals surface area contributed by atoms with Crippen molar-refractivity contribution in [3.8, 4) is 0 Å². The van der Waals surface area contributed by atoms with Crippen LogP contribution in [-0.4, -0.2) is 39.7 Å². The monoisotopic (exact) mass is 344 g/mol. The maximum absolute atomic E-state index is 14.7. The van der Waals surface area contributed by atoms with Crippen molar-refractivity contribution in [1.82, 2.24) is 9.55 Å². The van der Waals surface area contributed by atoms with Gasteiger partial charge in [0.1, 0.15) is 11.9 Å². The van der Waals surface area contributed by atoms with Crippen molar-refractivity contribution in [2.45, 2.75) is 57.7 Å². The molecule has 0 amide bonds. The molecule has 1 aromatic heterocycles. The molecule has 0 aromatic carbocycles. The fraction of sp³-hybridized carbons (Fsp3) is 0.600. The van der Waals surface area contributed by atoms with Crippen LogP contribution < -0.4 is 11.2 Å². The van der Waals surface area contributed by atoms with E-state index in [1.807, 2.05) is 4.98 Å². The number of carbonyl (C=O) groups is 2. The minimum atomic E-state index is -1.78. The van der Waals surface area contributed by atoms with Crippen molar-refractivity contribution in [1.29, 1.82) is 0 Å². The SMILES string of the molecule is CC[C@H]1O[C@@H](n2ccc(=O)[nH]c2=O)[C@@H](F)C1OC(=O)CCC(C)=O.[HH]. The Kier molecular flexibility index (Phi) is 5.66. The molecule has 0 spiro atoms. The van der Waals surface area contributed by atoms with Gasteiger partial charge in [0.15, 0.2) is 18.5 Å². The number of ether oxygens (including phenoxy) is 2. The van der Waals surface area contributed by atoms with Crippen LogP contribution in [0.2, 0.25) is 0 Å². The third-order valence-corrected chi connectivity index (χ3v) is 3.74. The first-order valence-electron chi connectivity index (χ1n) is 7.63. The number of rotatable bonds is 6. The lowest BCUT2D eigenvalue weighted by atomic mass is 10.1. The molecule has 1 aliphatic heterocycles. The molecule has 9 heteroatoms. The van der Waals surface area contributed by atoms with Crippen LogP contribution in [0.3, 0.4) is 0 Å². The molecule has 1 N–H and O–H groups in total. The van der Waals surface area contributed by atoms with E-state index in [4.69, 9.17) is 9.47 Å². The van der Waals surface area contributed by atoms with Crippen molar-refractivity contribution in [3.05, 3.63) is 33.1 Å². The molecule has 2 rings (SSSR count). The third kappa shape index (κ3) is 3.97. The fourth-order valence-corrected chi connectivity index (χ4v) is 2.50. The molecule has 4 atom stereocenters. The van der Waals surface area contributed by atoms with Crippen LogP contribution in [0.15, 0.2) is 21.9 Å². The largest absolute Gasteiger partial charge is 0.456 e. The fourth-order valence-electron chi connectivity index (χ4n) is 2.50. The average Bonchev–Trinajstić information content (AvgIpc) is 2.82. The van der Waals surface area contributed by atoms with E-state index in [1.54, 1.807) is 6.92 Å². The summed E-state index contributed by atoms with van der Waals surface area (Å²) in [5.74, 6) is -0.870. The molecule has 0 aliphatic carbocycles. The van der Waals surface area contributed by atoms with Crippen LogP contribution in [0.4, 0.5) is 4.39 Å². The van der Waals surface area contributed by atoms with E-state index in [0.717, 1.165) is 16.8 Å². The van der Waals surface area contributed by atoms with Gasteiger partial charge in [-0.05, 0) is 13.3 Å². The number of aromatic nitrogens is 2. The van der Waals surface area contributed by atoms with Crippen LogP contribution in [-0.2, 0) is 19.1 Å². The lowest BCUT2D eigenvalue weighted by molar-refractivity contribution is -0.154. The molecule has 8 nitrogen and oxygen atoms in total. The molecule has 2 heterocycles. The Hall–Kier alpha value is -2.29. The number of halogens is 1. The molecule has 134 valence electrons. The van der Waals surface area contributed by atoms with Gasteiger partial charge in [-0.15, -0.1) is 0 Å². The van der Waals surface area contributed by atoms with E-state index in [0.29, 0.717) is 6.42 Å². The summed E-state index contributed by atoms with van der Waals surface area (Å²) in [6.45, 7) is 3.07. The summed E-state index contributed by atoms with van der Waals surface area (Å²) in [5, 5.41) is 0. The maximum Gasteiger partial charge on any atom is 0.330 e. The highest BCUT2D eigenvalue weighted by molar-refractivity contribution is 5.81. The number of aromatic amines is 1. The van der Waals surface area contributed by atoms with E-state index in [1.165, 1.54) is 6.92 Å². The number of alkyl halides is 1. The second-order valence-electron chi connectivity index (χ2n) is 5.59. The Morgan fingerprint density at radius 3 is 2.71 bits per heavy atom. The Morgan fingerprint density at radius 1 is 1.42 bits per heavy atom. The molecular weight excluding hydrogens is 323 g/mol. The van der Waals surface area contributed by atoms with Gasteiger partial charge in [0.05, 0.1) is 6.42 Å². The summed E-state index contributed by atoms with van der Waals surface area (Å²) in [6, 6.07) is 1.07. The number of esters is 1. The third-order valence-electron chi connectivity index (χ3n) is 3.74. The Bertz CT molecular complexity index is 733. The van der Waals surface area contributed by atoms with Gasteiger partial charge in [0.25, 0.3) is 5.56 Å². The van der Waals surface area contributed by atoms with E-state index in [9.17, 15) is 23.6 Å². The van der Waals surface area contributed by atoms with Gasteiger partial charge >= 0.3 is 11.7 Å². The molecule has 1 fully saturated rings. The first-order chi connectivity index (χ1) is 11.3. The number of H-pyrrole nitrogens is 1. The van der Waals surface area contributed by atoms with Crippen LogP contribution in [0.5, 0.6) is 0 Å². The minimum Gasteiger partial charge on any atom is -0.456 e. The summed E-state index contributed by atoms with van der Waals surface area (Å²) in [7, 11) is 0. The van der Waals surface area contributed by atoms with Crippen LogP contribution in [0, 0.1) is 0 Å². The molecule has 1 saturated heterocycles. The Balaban J connectivity index is 0.00000312. The normalized spacial score (nSPS) is 26.3. The molecule has 1 unspecified atom stereocenters. The van der Waals surface area contributed by atoms with E-state index >= 15 is 0 Å². The van der Waals surface area contributed by atoms with Gasteiger partial charge in [0.2, 0.25) is 0 Å². The number of nitrogens with one attached hydrogen (secondary N) is 1. The lowest BCUT2D eigenvalue weighted by Gasteiger charge is -2.18. The van der Waals surface area contributed by atoms with Crippen molar-refractivity contribution in [2.24, 2.45) is 0 Å². The van der Waals surface area contributed by atoms with Crippen molar-refractivity contribution in [2.75, 3.05) is 0 Å². The topological polar surface area (TPSA) is 107 Å². The van der Waals surface area contributed by atoms with Crippen molar-refractivity contribution < 1.29 is 24.9 Å². The minimum absolute atomic E-state index is 0. The predicted molar refractivity (Wildman–Crippen MR) is 82.3 cm³/mol. The predicted octanol–water partition coefficient (Wildman–Crippen LogP) is 0.709. The summed E-state index contributed by atoms with van der Waals surface area (Å²) in [6.07, 6.45) is -3.63. The number of Topliss-reactive ketones (excluding diaryl/α,β-unsaturated/α-hetero) is 1. The summed E-state index contributed by atoms with van der Waals surface area (Å²) in [5.41, 5.74) is -1.42. The molecular formula is C15H21FN2O6. The van der Waals surface area contributed by atoms with E-state index < -0.39 is 41.8 Å². The first-order valence-corrected chi connectivity index (χ1v) is 7.63. The lowest BCUT2D eigenvalue weighted by Crippen LogP contribution is -2.37. The van der Waals surface area contributed by atoms with Gasteiger partial charge < -0.3 is 14.3 Å². The molecule has 0 saturated carbocycles. The Morgan fingerprint density at radius 2 is 2.12 bits per heavy atom. The zero-order valence-corrected chi connectivity index (χ0v) is 13.4. The molecule has 0 bridgehead atoms.